The van der Waals surface area contributed by atoms with Crippen molar-refractivity contribution < 1.29 is 9.59 Å². The average Bonchev–Trinajstić information content (AvgIpc) is 2.74. The molecule has 0 spiro atoms. The lowest BCUT2D eigenvalue weighted by molar-refractivity contribution is -0.127. The molecule has 1 fully saturated rings. The molecule has 1 amide bonds. The van der Waals surface area contributed by atoms with Crippen LogP contribution in [0.2, 0.25) is 0 Å². The predicted molar refractivity (Wildman–Crippen MR) is 73.9 cm³/mol. The van der Waals surface area contributed by atoms with Gasteiger partial charge in [-0.15, -0.1) is 0 Å². The van der Waals surface area contributed by atoms with Crippen molar-refractivity contribution in [3.8, 4) is 0 Å². The van der Waals surface area contributed by atoms with Crippen LogP contribution < -0.4 is 0 Å². The van der Waals surface area contributed by atoms with E-state index < -0.39 is 0 Å². The number of hydrogen-bond acceptors (Lipinski definition) is 2. The summed E-state index contributed by atoms with van der Waals surface area (Å²) in [6.45, 7) is 0.912. The smallest absolute Gasteiger partial charge is 0.230 e. The molecule has 1 aliphatic heterocycles. The Morgan fingerprint density at radius 3 is 2.53 bits per heavy atom. The number of carbonyl (C=O) groups is 2. The standard InChI is InChI=1S/C16H15NO2/c18-15-10-16(19)17(11-15)8-7-12-5-6-13-3-1-2-4-14(13)9-12/h1-6,9H,7-8,10-11H2. The zero-order valence-electron chi connectivity index (χ0n) is 10.6. The fourth-order valence-electron chi connectivity index (χ4n) is 2.50. The van der Waals surface area contributed by atoms with E-state index in [9.17, 15) is 9.59 Å². The Morgan fingerprint density at radius 1 is 1.00 bits per heavy atom. The molecule has 1 saturated heterocycles. The molecule has 0 unspecified atom stereocenters. The summed E-state index contributed by atoms with van der Waals surface area (Å²) < 4.78 is 0. The third-order valence-electron chi connectivity index (χ3n) is 3.55. The van der Waals surface area contributed by atoms with E-state index in [-0.39, 0.29) is 24.7 Å². The number of carbonyl (C=O) groups excluding carboxylic acids is 2. The van der Waals surface area contributed by atoms with Gasteiger partial charge in [0, 0.05) is 6.54 Å². The summed E-state index contributed by atoms with van der Waals surface area (Å²) in [5, 5.41) is 2.43. The maximum Gasteiger partial charge on any atom is 0.230 e. The number of amides is 1. The number of nitrogens with zero attached hydrogens (tertiary/aromatic N) is 1. The van der Waals surface area contributed by atoms with Crippen LogP contribution in [0.3, 0.4) is 0 Å². The van der Waals surface area contributed by atoms with Gasteiger partial charge in [-0.05, 0) is 22.8 Å². The van der Waals surface area contributed by atoms with Crippen molar-refractivity contribution in [3.05, 3.63) is 48.0 Å². The lowest BCUT2D eigenvalue weighted by atomic mass is 10.1. The molecule has 2 aromatic rings. The first-order valence-corrected chi connectivity index (χ1v) is 6.49. The molecule has 0 atom stereocenters. The molecule has 3 nitrogen and oxygen atoms in total. The van der Waals surface area contributed by atoms with Crippen LogP contribution in [-0.4, -0.2) is 29.7 Å². The number of benzene rings is 2. The van der Waals surface area contributed by atoms with E-state index in [1.165, 1.54) is 16.3 Å². The van der Waals surface area contributed by atoms with Crippen LogP contribution in [0.1, 0.15) is 12.0 Å². The summed E-state index contributed by atoms with van der Waals surface area (Å²) in [5.74, 6) is -0.00528. The molecular weight excluding hydrogens is 238 g/mol. The highest BCUT2D eigenvalue weighted by atomic mass is 16.2. The fraction of sp³-hybridized carbons (Fsp3) is 0.250. The van der Waals surface area contributed by atoms with E-state index in [2.05, 4.69) is 30.3 Å². The highest BCUT2D eigenvalue weighted by Gasteiger charge is 2.26. The Kier molecular flexibility index (Phi) is 3.03. The van der Waals surface area contributed by atoms with E-state index in [1.54, 1.807) is 4.90 Å². The van der Waals surface area contributed by atoms with Crippen molar-refractivity contribution in [1.29, 1.82) is 0 Å². The van der Waals surface area contributed by atoms with Gasteiger partial charge in [-0.1, -0.05) is 42.5 Å². The van der Waals surface area contributed by atoms with E-state index in [0.29, 0.717) is 6.54 Å². The summed E-state index contributed by atoms with van der Waals surface area (Å²) in [6.07, 6.45) is 0.877. The van der Waals surface area contributed by atoms with Gasteiger partial charge in [0.05, 0.1) is 13.0 Å². The predicted octanol–water partition coefficient (Wildman–Crippen LogP) is 2.18. The first-order chi connectivity index (χ1) is 9.22. The van der Waals surface area contributed by atoms with Gasteiger partial charge in [-0.25, -0.2) is 0 Å². The Hall–Kier alpha value is -2.16. The minimum absolute atomic E-state index is 0.0310. The minimum atomic E-state index is -0.0363. The zero-order valence-corrected chi connectivity index (χ0v) is 10.6. The van der Waals surface area contributed by atoms with Gasteiger partial charge < -0.3 is 4.90 Å². The van der Waals surface area contributed by atoms with Crippen molar-refractivity contribution in [2.45, 2.75) is 12.8 Å². The highest BCUT2D eigenvalue weighted by molar-refractivity contribution is 6.05. The van der Waals surface area contributed by atoms with Gasteiger partial charge in [0.15, 0.2) is 5.78 Å². The molecule has 0 saturated carbocycles. The summed E-state index contributed by atoms with van der Waals surface area (Å²) in [6, 6.07) is 14.6. The molecule has 19 heavy (non-hydrogen) atoms. The minimum Gasteiger partial charge on any atom is -0.335 e. The largest absolute Gasteiger partial charge is 0.335 e. The Labute approximate surface area is 111 Å². The van der Waals surface area contributed by atoms with Crippen molar-refractivity contribution in [2.24, 2.45) is 0 Å². The van der Waals surface area contributed by atoms with Crippen LogP contribution >= 0.6 is 0 Å². The SMILES string of the molecule is O=C1CC(=O)N(CCc2ccc3ccccc3c2)C1. The fourth-order valence-corrected chi connectivity index (χ4v) is 2.50. The number of rotatable bonds is 3. The summed E-state index contributed by atoms with van der Waals surface area (Å²) in [4.78, 5) is 24.4. The van der Waals surface area contributed by atoms with Crippen LogP contribution in [0.4, 0.5) is 0 Å². The Morgan fingerprint density at radius 2 is 1.79 bits per heavy atom. The number of Topliss-reactive ketones (excluding diaryl/α,β-unsaturated/α-hetero) is 1. The summed E-state index contributed by atoms with van der Waals surface area (Å²) in [7, 11) is 0. The molecular formula is C16H15NO2. The van der Waals surface area contributed by atoms with Crippen molar-refractivity contribution in [2.75, 3.05) is 13.1 Å². The average molecular weight is 253 g/mol. The molecule has 3 heteroatoms. The number of likely N-dealkylation sites (tertiary alicyclic amines) is 1. The molecule has 1 heterocycles. The van der Waals surface area contributed by atoms with E-state index in [1.807, 2.05) is 12.1 Å². The zero-order chi connectivity index (χ0) is 13.2. The van der Waals surface area contributed by atoms with Crippen LogP contribution in [0, 0.1) is 0 Å². The van der Waals surface area contributed by atoms with Gasteiger partial charge >= 0.3 is 0 Å². The third-order valence-corrected chi connectivity index (χ3v) is 3.55. The summed E-state index contributed by atoms with van der Waals surface area (Å²) in [5.41, 5.74) is 1.20. The van der Waals surface area contributed by atoms with Gasteiger partial charge in [-0.2, -0.15) is 0 Å². The van der Waals surface area contributed by atoms with Gasteiger partial charge in [0.1, 0.15) is 0 Å². The number of hydrogen-bond donors (Lipinski definition) is 0. The van der Waals surface area contributed by atoms with Crippen molar-refractivity contribution in [3.63, 3.8) is 0 Å². The van der Waals surface area contributed by atoms with E-state index >= 15 is 0 Å². The molecule has 3 rings (SSSR count). The van der Waals surface area contributed by atoms with Crippen LogP contribution in [0.5, 0.6) is 0 Å². The monoisotopic (exact) mass is 253 g/mol. The maximum atomic E-state index is 11.5. The quantitative estimate of drug-likeness (QED) is 0.786. The summed E-state index contributed by atoms with van der Waals surface area (Å²) >= 11 is 0. The lowest BCUT2D eigenvalue weighted by Gasteiger charge is -2.14. The molecule has 0 aromatic heterocycles. The van der Waals surface area contributed by atoms with Crippen LogP contribution in [0.15, 0.2) is 42.5 Å². The Bertz CT molecular complexity index is 648. The van der Waals surface area contributed by atoms with E-state index in [4.69, 9.17) is 0 Å². The first kappa shape index (κ1) is 11.9. The van der Waals surface area contributed by atoms with Gasteiger partial charge in [0.2, 0.25) is 5.91 Å². The van der Waals surface area contributed by atoms with E-state index in [0.717, 1.165) is 6.42 Å². The second-order valence-electron chi connectivity index (χ2n) is 4.96. The van der Waals surface area contributed by atoms with Gasteiger partial charge in [0.25, 0.3) is 0 Å². The molecule has 1 aliphatic rings. The van der Waals surface area contributed by atoms with Gasteiger partial charge in [-0.3, -0.25) is 9.59 Å². The second-order valence-corrected chi connectivity index (χ2v) is 4.96. The highest BCUT2D eigenvalue weighted by Crippen LogP contribution is 2.16. The van der Waals surface area contributed by atoms with Crippen molar-refractivity contribution in [1.82, 2.24) is 4.90 Å². The molecule has 0 bridgehead atoms. The number of fused-ring (bicyclic) bond motifs is 1. The van der Waals surface area contributed by atoms with Crippen LogP contribution in [-0.2, 0) is 16.0 Å². The molecule has 96 valence electrons. The maximum absolute atomic E-state index is 11.5. The normalized spacial score (nSPS) is 15.5. The topological polar surface area (TPSA) is 37.4 Å². The molecule has 0 radical (unpaired) electrons. The molecule has 2 aromatic carbocycles. The lowest BCUT2D eigenvalue weighted by Crippen LogP contribution is -2.27. The molecule has 0 aliphatic carbocycles. The molecule has 0 N–H and O–H groups in total. The first-order valence-electron chi connectivity index (χ1n) is 6.49. The van der Waals surface area contributed by atoms with Crippen molar-refractivity contribution >= 4 is 22.5 Å². The second kappa shape index (κ2) is 4.84. The third kappa shape index (κ3) is 2.50. The number of ketones is 1. The van der Waals surface area contributed by atoms with Crippen LogP contribution in [0.25, 0.3) is 10.8 Å². The Balaban J connectivity index is 1.71.